The summed E-state index contributed by atoms with van der Waals surface area (Å²) in [6, 6.07) is 0. The molecule has 0 amide bonds. The molecule has 0 aliphatic carbocycles. The third-order valence-corrected chi connectivity index (χ3v) is 2.70. The first-order chi connectivity index (χ1) is 8.40. The van der Waals surface area contributed by atoms with E-state index in [1.54, 1.807) is 0 Å². The van der Waals surface area contributed by atoms with Crippen LogP contribution in [-0.2, 0) is 42.3 Å². The van der Waals surface area contributed by atoms with Gasteiger partial charge in [-0.1, -0.05) is 47.0 Å². The number of carbonyl (C=O) groups excluding carboxylic acids is 2. The standard InChI is InChI=1S/C11H19O2.C6H13.Y/c1-9(12)7-5-6-8-10(13)11(2,3)4;1-5-6(2,3)4;/h1,5-8H2,2-4H3;1,5H2,2-4H3;/q2*-1;. The Hall–Kier alpha value is 0.314. The van der Waals surface area contributed by atoms with Crippen molar-refractivity contribution in [3.63, 3.8) is 0 Å². The maximum atomic E-state index is 11.4. The Morgan fingerprint density at radius 1 is 0.900 bits per heavy atom. The molecule has 0 aliphatic heterocycles. The van der Waals surface area contributed by atoms with Crippen LogP contribution in [0.1, 0.15) is 73.6 Å². The molecule has 0 spiro atoms. The molecule has 3 heteroatoms. The van der Waals surface area contributed by atoms with E-state index < -0.39 is 0 Å². The summed E-state index contributed by atoms with van der Waals surface area (Å²) in [5, 5.41) is 0. The van der Waals surface area contributed by atoms with Crippen molar-refractivity contribution in [3.8, 4) is 0 Å². The predicted molar refractivity (Wildman–Crippen MR) is 82.7 cm³/mol. The Balaban J connectivity index is -0.000000352. The van der Waals surface area contributed by atoms with Gasteiger partial charge in [-0.15, -0.1) is 0 Å². The number of unbranched alkanes of at least 4 members (excludes halogenated alkanes) is 1. The van der Waals surface area contributed by atoms with E-state index in [0.717, 1.165) is 19.3 Å². The van der Waals surface area contributed by atoms with Gasteiger partial charge in [-0.3, -0.25) is 4.79 Å². The molecular weight excluding hydrogens is 325 g/mol. The quantitative estimate of drug-likeness (QED) is 0.522. The molecule has 0 aromatic rings. The Morgan fingerprint density at radius 3 is 1.50 bits per heavy atom. The van der Waals surface area contributed by atoms with E-state index in [1.165, 1.54) is 0 Å². The molecule has 20 heavy (non-hydrogen) atoms. The molecule has 0 rings (SSSR count). The summed E-state index contributed by atoms with van der Waals surface area (Å²) in [6.07, 6.45) is 3.68. The van der Waals surface area contributed by atoms with Crippen molar-refractivity contribution in [2.24, 2.45) is 10.8 Å². The fraction of sp³-hybridized carbons (Fsp3) is 0.765. The van der Waals surface area contributed by atoms with Crippen molar-refractivity contribution < 1.29 is 42.3 Å². The topological polar surface area (TPSA) is 34.1 Å². The van der Waals surface area contributed by atoms with Crippen LogP contribution in [0.2, 0.25) is 0 Å². The summed E-state index contributed by atoms with van der Waals surface area (Å²) >= 11 is 0. The van der Waals surface area contributed by atoms with Gasteiger partial charge in [0.25, 0.3) is 0 Å². The van der Waals surface area contributed by atoms with Gasteiger partial charge in [0, 0.05) is 44.5 Å². The van der Waals surface area contributed by atoms with Gasteiger partial charge in [0.1, 0.15) is 5.78 Å². The molecule has 0 heterocycles. The second kappa shape index (κ2) is 11.9. The van der Waals surface area contributed by atoms with Crippen LogP contribution < -0.4 is 0 Å². The molecule has 0 saturated heterocycles. The summed E-state index contributed by atoms with van der Waals surface area (Å²) in [7, 11) is 0. The van der Waals surface area contributed by atoms with Gasteiger partial charge in [-0.05, 0) is 25.0 Å². The second-order valence-electron chi connectivity index (χ2n) is 7.23. The molecule has 0 N–H and O–H groups in total. The minimum Gasteiger partial charge on any atom is -0.343 e. The van der Waals surface area contributed by atoms with Crippen LogP contribution in [0.4, 0.5) is 0 Å². The molecular formula is C17H32O2Y-2. The van der Waals surface area contributed by atoms with Gasteiger partial charge in [0.15, 0.2) is 0 Å². The smallest absolute Gasteiger partial charge is 0.138 e. The SMILES string of the molecule is [CH2-]C(=O)CCCCC(=O)C(C)(C)C.[CH2-]CC(C)(C)C.[Y]. The van der Waals surface area contributed by atoms with Crippen LogP contribution in [-0.4, -0.2) is 11.6 Å². The maximum absolute atomic E-state index is 11.4. The van der Waals surface area contributed by atoms with Crippen LogP contribution in [0, 0.1) is 24.7 Å². The van der Waals surface area contributed by atoms with Crippen molar-refractivity contribution in [2.75, 3.05) is 0 Å². The second-order valence-corrected chi connectivity index (χ2v) is 7.23. The minimum atomic E-state index is -0.242. The monoisotopic (exact) mass is 357 g/mol. The molecule has 0 atom stereocenters. The van der Waals surface area contributed by atoms with E-state index in [4.69, 9.17) is 0 Å². The number of Topliss-reactive ketones (excluding diaryl/α,β-unsaturated/α-hetero) is 2. The molecule has 0 bridgehead atoms. The van der Waals surface area contributed by atoms with E-state index in [0.29, 0.717) is 18.3 Å². The fourth-order valence-electron chi connectivity index (χ4n) is 0.983. The Kier molecular flexibility index (Phi) is 15.1. The van der Waals surface area contributed by atoms with E-state index in [2.05, 4.69) is 34.6 Å². The Morgan fingerprint density at radius 2 is 1.25 bits per heavy atom. The zero-order chi connectivity index (χ0) is 15.7. The third-order valence-electron chi connectivity index (χ3n) is 2.70. The average Bonchev–Trinajstić information content (AvgIpc) is 2.22. The van der Waals surface area contributed by atoms with Crippen molar-refractivity contribution in [3.05, 3.63) is 13.8 Å². The molecule has 0 saturated carbocycles. The molecule has 1 radical (unpaired) electrons. The van der Waals surface area contributed by atoms with E-state index >= 15 is 0 Å². The Labute approximate surface area is 151 Å². The number of ketones is 2. The number of hydrogen-bond donors (Lipinski definition) is 0. The number of hydrogen-bond acceptors (Lipinski definition) is 2. The molecule has 0 aromatic heterocycles. The maximum Gasteiger partial charge on any atom is 0.138 e. The van der Waals surface area contributed by atoms with E-state index in [-0.39, 0.29) is 49.7 Å². The van der Waals surface area contributed by atoms with Gasteiger partial charge in [-0.25, -0.2) is 0 Å². The van der Waals surface area contributed by atoms with Gasteiger partial charge in [0.2, 0.25) is 0 Å². The summed E-state index contributed by atoms with van der Waals surface area (Å²) in [5.41, 5.74) is 0.189. The van der Waals surface area contributed by atoms with Crippen LogP contribution in [0.5, 0.6) is 0 Å². The Bertz CT molecular complexity index is 270. The van der Waals surface area contributed by atoms with Crippen LogP contribution in [0.3, 0.4) is 0 Å². The van der Waals surface area contributed by atoms with Crippen LogP contribution in [0.25, 0.3) is 0 Å². The zero-order valence-electron chi connectivity index (χ0n) is 14.3. The largest absolute Gasteiger partial charge is 0.343 e. The summed E-state index contributed by atoms with van der Waals surface area (Å²) in [6.45, 7) is 19.3. The van der Waals surface area contributed by atoms with Gasteiger partial charge in [0.05, 0.1) is 0 Å². The van der Waals surface area contributed by atoms with Gasteiger partial charge >= 0.3 is 0 Å². The molecule has 117 valence electrons. The van der Waals surface area contributed by atoms with Crippen LogP contribution in [0.15, 0.2) is 0 Å². The molecule has 0 fully saturated rings. The first-order valence-electron chi connectivity index (χ1n) is 7.07. The summed E-state index contributed by atoms with van der Waals surface area (Å²) < 4.78 is 0. The van der Waals surface area contributed by atoms with Gasteiger partial charge in [-0.2, -0.15) is 6.42 Å². The van der Waals surface area contributed by atoms with E-state index in [1.807, 2.05) is 20.8 Å². The van der Waals surface area contributed by atoms with E-state index in [9.17, 15) is 9.59 Å². The first-order valence-corrected chi connectivity index (χ1v) is 7.07. The van der Waals surface area contributed by atoms with Crippen LogP contribution >= 0.6 is 0 Å². The first kappa shape index (κ1) is 25.3. The summed E-state index contributed by atoms with van der Waals surface area (Å²) in [5.74, 6) is 0.229. The zero-order valence-corrected chi connectivity index (χ0v) is 17.2. The summed E-state index contributed by atoms with van der Waals surface area (Å²) in [4.78, 5) is 21.9. The minimum absolute atomic E-state index is 0. The van der Waals surface area contributed by atoms with Crippen molar-refractivity contribution in [2.45, 2.75) is 73.6 Å². The number of carbonyl (C=O) groups is 2. The van der Waals surface area contributed by atoms with Crippen molar-refractivity contribution in [1.29, 1.82) is 0 Å². The number of rotatable bonds is 5. The molecule has 0 unspecified atom stereocenters. The van der Waals surface area contributed by atoms with Gasteiger partial charge < -0.3 is 18.6 Å². The predicted octanol–water partition coefficient (Wildman–Crippen LogP) is 4.82. The van der Waals surface area contributed by atoms with Crippen molar-refractivity contribution >= 4 is 11.6 Å². The molecule has 0 aliphatic rings. The van der Waals surface area contributed by atoms with Crippen molar-refractivity contribution in [1.82, 2.24) is 0 Å². The molecule has 2 nitrogen and oxygen atoms in total. The fourth-order valence-corrected chi connectivity index (χ4v) is 0.983. The normalized spacial score (nSPS) is 10.9. The molecule has 0 aromatic carbocycles. The third kappa shape index (κ3) is 20.6. The average molecular weight is 357 g/mol.